The minimum absolute atomic E-state index is 0.0721. The van der Waals surface area contributed by atoms with Crippen molar-refractivity contribution in [1.82, 2.24) is 5.32 Å². The first-order valence-electron chi connectivity index (χ1n) is 10.5. The number of benzene rings is 2. The van der Waals surface area contributed by atoms with E-state index >= 15 is 0 Å². The lowest BCUT2D eigenvalue weighted by molar-refractivity contribution is -0.118. The molecule has 0 saturated heterocycles. The van der Waals surface area contributed by atoms with Crippen molar-refractivity contribution in [3.8, 4) is 11.5 Å². The summed E-state index contributed by atoms with van der Waals surface area (Å²) in [5.74, 6) is 0.860. The number of rotatable bonds is 8. The third-order valence-corrected chi connectivity index (χ3v) is 5.31. The highest BCUT2D eigenvalue weighted by molar-refractivity contribution is 6.01. The van der Waals surface area contributed by atoms with Gasteiger partial charge in [-0.3, -0.25) is 9.59 Å². The first-order valence-corrected chi connectivity index (χ1v) is 10.5. The molecule has 1 aliphatic rings. The molecule has 160 valence electrons. The number of amides is 2. The van der Waals surface area contributed by atoms with E-state index in [1.54, 1.807) is 31.4 Å². The van der Waals surface area contributed by atoms with Crippen LogP contribution in [0.3, 0.4) is 0 Å². The fourth-order valence-corrected chi connectivity index (χ4v) is 3.54. The number of hydrogen-bond acceptors (Lipinski definition) is 4. The van der Waals surface area contributed by atoms with Gasteiger partial charge in [-0.25, -0.2) is 0 Å². The predicted molar refractivity (Wildman–Crippen MR) is 117 cm³/mol. The Hall–Kier alpha value is -3.02. The number of ether oxygens (including phenoxy) is 2. The summed E-state index contributed by atoms with van der Waals surface area (Å²) in [4.78, 5) is 25.4. The molecule has 1 unspecified atom stereocenters. The van der Waals surface area contributed by atoms with Crippen LogP contribution in [0.2, 0.25) is 0 Å². The maximum absolute atomic E-state index is 12.8. The fraction of sp³-hybridized carbons (Fsp3) is 0.417. The van der Waals surface area contributed by atoms with Crippen LogP contribution in [0, 0.1) is 5.92 Å². The molecule has 1 saturated carbocycles. The zero-order chi connectivity index (χ0) is 21.5. The number of hydrogen-bond donors (Lipinski definition) is 2. The van der Waals surface area contributed by atoms with Crippen molar-refractivity contribution in [3.05, 3.63) is 54.1 Å². The van der Waals surface area contributed by atoms with Gasteiger partial charge in [0.15, 0.2) is 0 Å². The van der Waals surface area contributed by atoms with Crippen LogP contribution in [0.4, 0.5) is 5.69 Å². The molecule has 1 aliphatic carbocycles. The van der Waals surface area contributed by atoms with Crippen molar-refractivity contribution in [2.75, 3.05) is 12.4 Å². The SMILES string of the molecule is COc1ccc(C(=O)NC(C(=O)Nc2ccc(OC3CCCC3)cc2)C(C)C)cc1. The van der Waals surface area contributed by atoms with E-state index < -0.39 is 6.04 Å². The molecular weight excluding hydrogens is 380 g/mol. The largest absolute Gasteiger partial charge is 0.497 e. The minimum atomic E-state index is -0.658. The van der Waals surface area contributed by atoms with Gasteiger partial charge in [0.1, 0.15) is 17.5 Å². The molecule has 2 amide bonds. The molecule has 3 rings (SSSR count). The van der Waals surface area contributed by atoms with E-state index in [2.05, 4.69) is 10.6 Å². The maximum atomic E-state index is 12.8. The third kappa shape index (κ3) is 5.75. The van der Waals surface area contributed by atoms with E-state index in [1.165, 1.54) is 12.8 Å². The molecule has 2 aromatic rings. The highest BCUT2D eigenvalue weighted by Gasteiger charge is 2.25. The zero-order valence-electron chi connectivity index (χ0n) is 17.8. The Bertz CT molecular complexity index is 841. The molecule has 2 N–H and O–H groups in total. The lowest BCUT2D eigenvalue weighted by atomic mass is 10.0. The van der Waals surface area contributed by atoms with Gasteiger partial charge in [0.2, 0.25) is 5.91 Å². The summed E-state index contributed by atoms with van der Waals surface area (Å²) in [7, 11) is 1.57. The Labute approximate surface area is 178 Å². The van der Waals surface area contributed by atoms with E-state index in [0.717, 1.165) is 18.6 Å². The summed E-state index contributed by atoms with van der Waals surface area (Å²) in [6, 6.07) is 13.5. The third-order valence-electron chi connectivity index (χ3n) is 5.31. The van der Waals surface area contributed by atoms with Crippen LogP contribution >= 0.6 is 0 Å². The average Bonchev–Trinajstić information content (AvgIpc) is 3.26. The first-order chi connectivity index (χ1) is 14.5. The lowest BCUT2D eigenvalue weighted by Crippen LogP contribution is -2.47. The van der Waals surface area contributed by atoms with Crippen LogP contribution in [0.25, 0.3) is 0 Å². The minimum Gasteiger partial charge on any atom is -0.497 e. The van der Waals surface area contributed by atoms with Crippen LogP contribution in [-0.2, 0) is 4.79 Å². The van der Waals surface area contributed by atoms with Gasteiger partial charge in [-0.1, -0.05) is 13.8 Å². The summed E-state index contributed by atoms with van der Waals surface area (Å²) in [5, 5.41) is 5.72. The Morgan fingerprint density at radius 3 is 2.10 bits per heavy atom. The molecule has 0 aliphatic heterocycles. The standard InChI is InChI=1S/C24H30N2O4/c1-16(2)22(26-23(27)17-8-12-19(29-3)13-9-17)24(28)25-18-10-14-21(15-11-18)30-20-6-4-5-7-20/h8-16,20,22H,4-7H2,1-3H3,(H,25,28)(H,26,27). The Balaban J connectivity index is 1.59. The highest BCUT2D eigenvalue weighted by Crippen LogP contribution is 2.25. The molecule has 0 radical (unpaired) electrons. The van der Waals surface area contributed by atoms with E-state index in [9.17, 15) is 9.59 Å². The van der Waals surface area contributed by atoms with Crippen molar-refractivity contribution in [2.45, 2.75) is 51.7 Å². The Morgan fingerprint density at radius 1 is 0.933 bits per heavy atom. The van der Waals surface area contributed by atoms with Crippen molar-refractivity contribution in [1.29, 1.82) is 0 Å². The van der Waals surface area contributed by atoms with Crippen LogP contribution in [0.1, 0.15) is 49.9 Å². The summed E-state index contributed by atoms with van der Waals surface area (Å²) in [6.07, 6.45) is 4.93. The lowest BCUT2D eigenvalue weighted by Gasteiger charge is -2.22. The van der Waals surface area contributed by atoms with Crippen molar-refractivity contribution in [2.24, 2.45) is 5.92 Å². The number of carbonyl (C=O) groups excluding carboxylic acids is 2. The molecule has 0 bridgehead atoms. The monoisotopic (exact) mass is 410 g/mol. The van der Waals surface area contributed by atoms with E-state index in [-0.39, 0.29) is 17.7 Å². The van der Waals surface area contributed by atoms with E-state index in [0.29, 0.717) is 23.1 Å². The number of carbonyl (C=O) groups is 2. The molecule has 6 heteroatoms. The molecular formula is C24H30N2O4. The number of anilines is 1. The van der Waals surface area contributed by atoms with Gasteiger partial charge < -0.3 is 20.1 Å². The first kappa shape index (κ1) is 21.7. The van der Waals surface area contributed by atoms with Crippen LogP contribution in [0.5, 0.6) is 11.5 Å². The van der Waals surface area contributed by atoms with Gasteiger partial charge >= 0.3 is 0 Å². The van der Waals surface area contributed by atoms with Crippen molar-refractivity contribution in [3.63, 3.8) is 0 Å². The van der Waals surface area contributed by atoms with Gasteiger partial charge in [-0.2, -0.15) is 0 Å². The van der Waals surface area contributed by atoms with E-state index in [1.807, 2.05) is 38.1 Å². The summed E-state index contributed by atoms with van der Waals surface area (Å²) in [6.45, 7) is 3.80. The normalized spacial score (nSPS) is 14.9. The molecule has 6 nitrogen and oxygen atoms in total. The summed E-state index contributed by atoms with van der Waals surface area (Å²) >= 11 is 0. The molecule has 0 heterocycles. The van der Waals surface area contributed by atoms with Crippen LogP contribution < -0.4 is 20.1 Å². The molecule has 1 fully saturated rings. The highest BCUT2D eigenvalue weighted by atomic mass is 16.5. The zero-order valence-corrected chi connectivity index (χ0v) is 17.8. The second-order valence-electron chi connectivity index (χ2n) is 7.96. The van der Waals surface area contributed by atoms with Gasteiger partial charge in [0.25, 0.3) is 5.91 Å². The van der Waals surface area contributed by atoms with Crippen molar-refractivity contribution >= 4 is 17.5 Å². The topological polar surface area (TPSA) is 76.7 Å². The van der Waals surface area contributed by atoms with Crippen molar-refractivity contribution < 1.29 is 19.1 Å². The molecule has 0 aromatic heterocycles. The molecule has 2 aromatic carbocycles. The van der Waals surface area contributed by atoms with Crippen LogP contribution in [-0.4, -0.2) is 31.1 Å². The second-order valence-corrected chi connectivity index (χ2v) is 7.96. The summed E-state index contributed by atoms with van der Waals surface area (Å²) in [5.41, 5.74) is 1.14. The fourth-order valence-electron chi connectivity index (χ4n) is 3.54. The van der Waals surface area contributed by atoms with E-state index in [4.69, 9.17) is 9.47 Å². The smallest absolute Gasteiger partial charge is 0.251 e. The maximum Gasteiger partial charge on any atom is 0.251 e. The Kier molecular flexibility index (Phi) is 7.33. The molecule has 0 spiro atoms. The Morgan fingerprint density at radius 2 is 1.53 bits per heavy atom. The van der Waals surface area contributed by atoms with Gasteiger partial charge in [-0.15, -0.1) is 0 Å². The molecule has 30 heavy (non-hydrogen) atoms. The predicted octanol–water partition coefficient (Wildman–Crippen LogP) is 4.41. The van der Waals surface area contributed by atoms with Gasteiger partial charge in [0.05, 0.1) is 13.2 Å². The second kappa shape index (κ2) is 10.1. The summed E-state index contributed by atoms with van der Waals surface area (Å²) < 4.78 is 11.1. The molecule has 1 atom stereocenters. The van der Waals surface area contributed by atoms with Gasteiger partial charge in [0, 0.05) is 11.3 Å². The number of methoxy groups -OCH3 is 1. The number of nitrogens with one attached hydrogen (secondary N) is 2. The quantitative estimate of drug-likeness (QED) is 0.676. The van der Waals surface area contributed by atoms with Gasteiger partial charge in [-0.05, 0) is 80.1 Å². The van der Waals surface area contributed by atoms with Crippen LogP contribution in [0.15, 0.2) is 48.5 Å². The average molecular weight is 411 g/mol.